The molecule has 0 bridgehead atoms. The zero-order valence-electron chi connectivity index (χ0n) is 11.2. The van der Waals surface area contributed by atoms with Crippen molar-refractivity contribution in [3.8, 4) is 0 Å². The van der Waals surface area contributed by atoms with Crippen molar-refractivity contribution in [2.75, 3.05) is 12.4 Å². The quantitative estimate of drug-likeness (QED) is 0.525. The Hall–Kier alpha value is -1.27. The first-order chi connectivity index (χ1) is 9.03. The minimum absolute atomic E-state index is 0.197. The van der Waals surface area contributed by atoms with Crippen LogP contribution in [0.15, 0.2) is 23.5 Å². The number of halogens is 3. The molecule has 0 amide bonds. The van der Waals surface area contributed by atoms with Gasteiger partial charge < -0.3 is 10.6 Å². The van der Waals surface area contributed by atoms with Crippen molar-refractivity contribution >= 4 is 11.6 Å². The first kappa shape index (κ1) is 20.1. The van der Waals surface area contributed by atoms with E-state index in [1.807, 2.05) is 13.8 Å². The maximum Gasteiger partial charge on any atom is 0.156 e. The number of nitrogens with zero attached hydrogens (tertiary/aromatic N) is 1. The third kappa shape index (κ3) is 11.5. The van der Waals surface area contributed by atoms with Crippen LogP contribution >= 0.6 is 11.6 Å². The Labute approximate surface area is 116 Å². The second-order valence-electron chi connectivity index (χ2n) is 3.14. The Bertz CT molecular complexity index is 300. The Balaban J connectivity index is 0. The zero-order valence-corrected chi connectivity index (χ0v) is 12.0. The van der Waals surface area contributed by atoms with E-state index in [0.717, 1.165) is 6.07 Å². The minimum atomic E-state index is -0.521. The molecule has 0 unspecified atom stereocenters. The molecule has 0 aliphatic carbocycles. The lowest BCUT2D eigenvalue weighted by molar-refractivity contribution is 0.0770. The van der Waals surface area contributed by atoms with Crippen LogP contribution < -0.4 is 5.73 Å². The van der Waals surface area contributed by atoms with Crippen LogP contribution in [0.1, 0.15) is 19.4 Å². The van der Waals surface area contributed by atoms with E-state index in [-0.39, 0.29) is 12.4 Å². The number of rotatable bonds is 4. The van der Waals surface area contributed by atoms with Crippen LogP contribution in [0, 0.1) is 23.5 Å². The van der Waals surface area contributed by atoms with E-state index in [1.54, 1.807) is 6.92 Å². The Morgan fingerprint density at radius 1 is 1.32 bits per heavy atom. The zero-order chi connectivity index (χ0) is 15.3. The van der Waals surface area contributed by atoms with Gasteiger partial charge in [-0.2, -0.15) is 0 Å². The maximum atomic E-state index is 12.2. The molecular weight excluding hydrogens is 278 g/mol. The highest BCUT2D eigenvalue weighted by atomic mass is 35.5. The van der Waals surface area contributed by atoms with Crippen LogP contribution in [-0.4, -0.2) is 18.5 Å². The van der Waals surface area contributed by atoms with Gasteiger partial charge in [0.1, 0.15) is 11.6 Å². The highest BCUT2D eigenvalue weighted by Crippen LogP contribution is 2.05. The molecule has 110 valence electrons. The fourth-order valence-electron chi connectivity index (χ4n) is 0.887. The smallest absolute Gasteiger partial charge is 0.156 e. The van der Waals surface area contributed by atoms with Gasteiger partial charge in [0.05, 0.1) is 5.88 Å². The number of aryl methyl sites for hydroxylation is 1. The summed E-state index contributed by atoms with van der Waals surface area (Å²) in [5, 5.41) is 2.16. The summed E-state index contributed by atoms with van der Waals surface area (Å²) in [6, 6.07) is 3.42. The molecule has 0 aliphatic heterocycles. The highest BCUT2D eigenvalue weighted by Gasteiger charge is 2.03. The molecule has 0 radical (unpaired) electrons. The van der Waals surface area contributed by atoms with Crippen molar-refractivity contribution in [1.29, 1.82) is 0 Å². The first-order valence-electron chi connectivity index (χ1n) is 5.70. The molecule has 2 N–H and O–H groups in total. The third-order valence-corrected chi connectivity index (χ3v) is 1.98. The lowest BCUT2D eigenvalue weighted by Crippen LogP contribution is -2.23. The lowest BCUT2D eigenvalue weighted by Gasteiger charge is -2.03. The van der Waals surface area contributed by atoms with Crippen LogP contribution in [0.25, 0.3) is 0 Å². The van der Waals surface area contributed by atoms with Crippen LogP contribution in [0.5, 0.6) is 0 Å². The second kappa shape index (κ2) is 13.2. The van der Waals surface area contributed by atoms with E-state index in [0.29, 0.717) is 5.56 Å². The highest BCUT2D eigenvalue weighted by molar-refractivity contribution is 6.18. The van der Waals surface area contributed by atoms with Crippen LogP contribution in [-0.2, 0) is 4.84 Å². The van der Waals surface area contributed by atoms with E-state index in [4.69, 9.17) is 17.3 Å². The van der Waals surface area contributed by atoms with E-state index in [2.05, 4.69) is 10.2 Å². The topological polar surface area (TPSA) is 64.7 Å². The van der Waals surface area contributed by atoms with Gasteiger partial charge in [-0.05, 0) is 24.6 Å². The number of hydrogen-bond donors (Lipinski definition) is 1. The molecule has 1 aromatic carbocycles. The van der Waals surface area contributed by atoms with Gasteiger partial charge in [-0.3, -0.25) is 0 Å². The van der Waals surface area contributed by atoms with E-state index in [9.17, 15) is 13.7 Å². The normalized spacial score (nSPS) is 10.3. The molecule has 0 heterocycles. The number of nitrogens with two attached hydrogens (primary N) is 1. The summed E-state index contributed by atoms with van der Waals surface area (Å²) in [6.07, 6.45) is -0.436. The standard InChI is InChI=1S/C7H6F2.C3H7ClN2O2.C2H6/c1-5-2-6(8)4-7(9)3-5;4-1-3(2-5)8-6-7;1-2/h2-4H,1H3;3H,1-2,5H2;1-2H3/t;3-;/m.0./s1. The summed E-state index contributed by atoms with van der Waals surface area (Å²) < 4.78 is 24.4. The molecule has 0 aromatic heterocycles. The fraction of sp³-hybridized carbons (Fsp3) is 0.500. The molecule has 1 aromatic rings. The van der Waals surface area contributed by atoms with Crippen LogP contribution in [0.4, 0.5) is 8.78 Å². The average Bonchev–Trinajstić information content (AvgIpc) is 2.37. The first-order valence-corrected chi connectivity index (χ1v) is 6.24. The molecule has 1 rings (SSSR count). The summed E-state index contributed by atoms with van der Waals surface area (Å²) in [7, 11) is 0. The molecule has 1 atom stereocenters. The van der Waals surface area contributed by atoms with Crippen molar-refractivity contribution in [1.82, 2.24) is 0 Å². The van der Waals surface area contributed by atoms with Crippen molar-refractivity contribution in [3.05, 3.63) is 40.3 Å². The van der Waals surface area contributed by atoms with Gasteiger partial charge in [-0.1, -0.05) is 13.8 Å². The Morgan fingerprint density at radius 3 is 2.00 bits per heavy atom. The molecule has 0 saturated heterocycles. The van der Waals surface area contributed by atoms with Crippen molar-refractivity contribution in [2.24, 2.45) is 11.1 Å². The van der Waals surface area contributed by atoms with Crippen molar-refractivity contribution in [3.63, 3.8) is 0 Å². The minimum Gasteiger partial charge on any atom is -0.358 e. The van der Waals surface area contributed by atoms with E-state index >= 15 is 0 Å². The summed E-state index contributed by atoms with van der Waals surface area (Å²) >= 11 is 5.24. The molecule has 19 heavy (non-hydrogen) atoms. The molecule has 0 spiro atoms. The molecule has 0 aliphatic rings. The third-order valence-electron chi connectivity index (χ3n) is 1.63. The Kier molecular flexibility index (Phi) is 13.9. The number of benzene rings is 1. The maximum absolute atomic E-state index is 12.2. The monoisotopic (exact) mass is 296 g/mol. The van der Waals surface area contributed by atoms with E-state index < -0.39 is 17.7 Å². The van der Waals surface area contributed by atoms with Crippen LogP contribution in [0.2, 0.25) is 0 Å². The SMILES string of the molecule is CC.Cc1cc(F)cc(F)c1.NC[C@H](CCl)ON=O. The molecule has 0 saturated carbocycles. The predicted octanol–water partition coefficient (Wildman–Crippen LogP) is 3.55. The fourth-order valence-corrected chi connectivity index (χ4v) is 1.07. The van der Waals surface area contributed by atoms with Crippen molar-refractivity contribution < 1.29 is 13.6 Å². The van der Waals surface area contributed by atoms with Gasteiger partial charge in [0.25, 0.3) is 0 Å². The van der Waals surface area contributed by atoms with Gasteiger partial charge in [-0.15, -0.1) is 16.5 Å². The van der Waals surface area contributed by atoms with Gasteiger partial charge in [-0.25, -0.2) is 8.78 Å². The summed E-state index contributed by atoms with van der Waals surface area (Å²) in [5.74, 6) is -0.845. The molecule has 7 heteroatoms. The molecule has 4 nitrogen and oxygen atoms in total. The second-order valence-corrected chi connectivity index (χ2v) is 3.45. The van der Waals surface area contributed by atoms with Gasteiger partial charge in [0, 0.05) is 12.6 Å². The number of alkyl halides is 1. The largest absolute Gasteiger partial charge is 0.358 e. The van der Waals surface area contributed by atoms with Gasteiger partial charge in [0.15, 0.2) is 11.4 Å². The van der Waals surface area contributed by atoms with Crippen molar-refractivity contribution in [2.45, 2.75) is 26.9 Å². The predicted molar refractivity (Wildman–Crippen MR) is 72.9 cm³/mol. The summed E-state index contributed by atoms with van der Waals surface area (Å²) in [6.45, 7) is 5.86. The van der Waals surface area contributed by atoms with E-state index in [1.165, 1.54) is 12.1 Å². The average molecular weight is 297 g/mol. The molecular formula is C12H19ClF2N2O2. The Morgan fingerprint density at radius 2 is 1.79 bits per heavy atom. The van der Waals surface area contributed by atoms with Gasteiger partial charge >= 0.3 is 0 Å². The van der Waals surface area contributed by atoms with Crippen LogP contribution in [0.3, 0.4) is 0 Å². The number of hydrogen-bond acceptors (Lipinski definition) is 4. The van der Waals surface area contributed by atoms with Gasteiger partial charge in [0.2, 0.25) is 0 Å². The summed E-state index contributed by atoms with van der Waals surface area (Å²) in [4.78, 5) is 13.5. The molecule has 0 fully saturated rings. The summed E-state index contributed by atoms with van der Waals surface area (Å²) in [5.41, 5.74) is 5.67. The lowest BCUT2D eigenvalue weighted by atomic mass is 10.2.